The molecule has 4 N–H and O–H groups in total. The number of benzene rings is 1. The molecule has 4 aromatic rings. The van der Waals surface area contributed by atoms with Crippen molar-refractivity contribution < 1.29 is 4.42 Å². The van der Waals surface area contributed by atoms with Crippen LogP contribution < -0.4 is 11.1 Å². The van der Waals surface area contributed by atoms with Crippen LogP contribution >= 0.6 is 0 Å². The van der Waals surface area contributed by atoms with Crippen LogP contribution in [0.4, 0.5) is 5.69 Å². The number of hydrogen-bond donors (Lipinski definition) is 3. The lowest BCUT2D eigenvalue weighted by Gasteiger charge is -2.08. The SMILES string of the molecule is CN=C/C(=C\N)c1ccc(CNc2ccnc3nc(CCc4ccoc4)[nH]c23)cc1. The molecular formula is C23H24N6O. The van der Waals surface area contributed by atoms with Gasteiger partial charge in [-0.25, -0.2) is 9.97 Å². The van der Waals surface area contributed by atoms with Crippen LogP contribution in [0.3, 0.4) is 0 Å². The molecule has 7 heteroatoms. The number of nitrogens with zero attached hydrogens (tertiary/aromatic N) is 3. The van der Waals surface area contributed by atoms with Gasteiger partial charge in [-0.05, 0) is 35.2 Å². The maximum absolute atomic E-state index is 5.68. The van der Waals surface area contributed by atoms with Gasteiger partial charge in [0.2, 0.25) is 0 Å². The minimum atomic E-state index is 0.687. The number of aromatic amines is 1. The molecule has 0 bridgehead atoms. The first-order chi connectivity index (χ1) is 14.8. The molecule has 0 saturated heterocycles. The third-order valence-electron chi connectivity index (χ3n) is 4.89. The van der Waals surface area contributed by atoms with Crippen molar-refractivity contribution in [2.75, 3.05) is 12.4 Å². The third kappa shape index (κ3) is 4.41. The molecule has 0 saturated carbocycles. The van der Waals surface area contributed by atoms with E-state index in [4.69, 9.17) is 10.2 Å². The summed E-state index contributed by atoms with van der Waals surface area (Å²) in [5, 5.41) is 3.48. The van der Waals surface area contributed by atoms with E-state index >= 15 is 0 Å². The molecular weight excluding hydrogens is 376 g/mol. The van der Waals surface area contributed by atoms with Crippen molar-refractivity contribution in [3.63, 3.8) is 0 Å². The number of aryl methyl sites for hydroxylation is 2. The van der Waals surface area contributed by atoms with Crippen molar-refractivity contribution in [1.82, 2.24) is 15.0 Å². The summed E-state index contributed by atoms with van der Waals surface area (Å²) in [6.45, 7) is 0.687. The molecule has 30 heavy (non-hydrogen) atoms. The minimum Gasteiger partial charge on any atom is -0.472 e. The number of aliphatic imine (C=N–C) groups is 1. The standard InChI is InChI=1S/C23H24N6O/c1-25-14-19(12-24)18-5-2-16(3-6-18)13-27-20-8-10-26-23-22(20)28-21(29-23)7-4-17-9-11-30-15-17/h2-3,5-6,8-12,14-15H,4,7,13,24H2,1H3,(H2,26,27,28,29)/b19-12+,25-14?. The number of imidazole rings is 1. The molecule has 3 heterocycles. The first kappa shape index (κ1) is 19.4. The lowest BCUT2D eigenvalue weighted by molar-refractivity contribution is 0.563. The number of allylic oxidation sites excluding steroid dienone is 1. The van der Waals surface area contributed by atoms with Crippen LogP contribution in [0.5, 0.6) is 0 Å². The normalized spacial score (nSPS) is 12.1. The summed E-state index contributed by atoms with van der Waals surface area (Å²) in [5.74, 6) is 0.913. The summed E-state index contributed by atoms with van der Waals surface area (Å²) >= 11 is 0. The molecule has 152 valence electrons. The topological polar surface area (TPSA) is 105 Å². The minimum absolute atomic E-state index is 0.687. The highest BCUT2D eigenvalue weighted by molar-refractivity contribution is 6.09. The molecule has 0 aliphatic carbocycles. The Morgan fingerprint density at radius 3 is 2.77 bits per heavy atom. The van der Waals surface area contributed by atoms with Gasteiger partial charge < -0.3 is 20.5 Å². The molecule has 1 aromatic carbocycles. The van der Waals surface area contributed by atoms with Gasteiger partial charge >= 0.3 is 0 Å². The highest BCUT2D eigenvalue weighted by atomic mass is 16.3. The average molecular weight is 400 g/mol. The third-order valence-corrected chi connectivity index (χ3v) is 4.89. The van der Waals surface area contributed by atoms with E-state index in [9.17, 15) is 0 Å². The number of fused-ring (bicyclic) bond motifs is 1. The number of anilines is 1. The van der Waals surface area contributed by atoms with Gasteiger partial charge in [0.05, 0.1) is 18.2 Å². The number of H-pyrrole nitrogens is 1. The molecule has 0 fully saturated rings. The summed E-state index contributed by atoms with van der Waals surface area (Å²) in [5.41, 5.74) is 12.5. The molecule has 0 spiro atoms. The number of nitrogens with two attached hydrogens (primary N) is 1. The van der Waals surface area contributed by atoms with Crippen molar-refractivity contribution in [2.45, 2.75) is 19.4 Å². The fraction of sp³-hybridized carbons (Fsp3) is 0.174. The van der Waals surface area contributed by atoms with Crippen molar-refractivity contribution >= 4 is 28.6 Å². The monoisotopic (exact) mass is 400 g/mol. The van der Waals surface area contributed by atoms with Gasteiger partial charge in [0.15, 0.2) is 5.65 Å². The lowest BCUT2D eigenvalue weighted by Crippen LogP contribution is -2.01. The summed E-state index contributed by atoms with van der Waals surface area (Å²) in [7, 11) is 1.73. The van der Waals surface area contributed by atoms with Gasteiger partial charge in [-0.2, -0.15) is 0 Å². The first-order valence-electron chi connectivity index (χ1n) is 9.78. The van der Waals surface area contributed by atoms with E-state index in [0.717, 1.165) is 52.1 Å². The predicted molar refractivity (Wildman–Crippen MR) is 120 cm³/mol. The van der Waals surface area contributed by atoms with Gasteiger partial charge in [-0.15, -0.1) is 0 Å². The zero-order valence-corrected chi connectivity index (χ0v) is 16.8. The largest absolute Gasteiger partial charge is 0.472 e. The predicted octanol–water partition coefficient (Wildman–Crippen LogP) is 3.95. The lowest BCUT2D eigenvalue weighted by atomic mass is 10.1. The van der Waals surface area contributed by atoms with Crippen molar-refractivity contribution in [3.8, 4) is 0 Å². The molecule has 0 aliphatic rings. The molecule has 0 radical (unpaired) electrons. The van der Waals surface area contributed by atoms with Gasteiger partial charge in [0.1, 0.15) is 11.3 Å². The summed E-state index contributed by atoms with van der Waals surface area (Å²) in [6, 6.07) is 12.2. The Morgan fingerprint density at radius 2 is 2.03 bits per heavy atom. The highest BCUT2D eigenvalue weighted by Crippen LogP contribution is 2.21. The second-order valence-electron chi connectivity index (χ2n) is 6.93. The van der Waals surface area contributed by atoms with E-state index in [1.54, 1.807) is 38.2 Å². The number of aromatic nitrogens is 3. The van der Waals surface area contributed by atoms with Crippen molar-refractivity contribution in [2.24, 2.45) is 10.7 Å². The van der Waals surface area contributed by atoms with Gasteiger partial charge in [-0.1, -0.05) is 24.3 Å². The Labute approximate surface area is 174 Å². The molecule has 0 amide bonds. The van der Waals surface area contributed by atoms with Crippen molar-refractivity contribution in [1.29, 1.82) is 0 Å². The number of nitrogens with one attached hydrogen (secondary N) is 2. The molecule has 0 unspecified atom stereocenters. The Bertz CT molecular complexity index is 1160. The van der Waals surface area contributed by atoms with Crippen LogP contribution in [-0.2, 0) is 19.4 Å². The molecule has 7 nitrogen and oxygen atoms in total. The quantitative estimate of drug-likeness (QED) is 0.388. The zero-order valence-electron chi connectivity index (χ0n) is 16.8. The van der Waals surface area contributed by atoms with Crippen LogP contribution in [0.1, 0.15) is 22.5 Å². The van der Waals surface area contributed by atoms with Crippen LogP contribution in [0.15, 0.2) is 70.7 Å². The van der Waals surface area contributed by atoms with Crippen LogP contribution in [0, 0.1) is 0 Å². The number of rotatable bonds is 8. The Hall–Kier alpha value is -3.87. The fourth-order valence-corrected chi connectivity index (χ4v) is 3.29. The fourth-order valence-electron chi connectivity index (χ4n) is 3.29. The van der Waals surface area contributed by atoms with Crippen LogP contribution in [0.25, 0.3) is 16.7 Å². The Morgan fingerprint density at radius 1 is 1.17 bits per heavy atom. The Balaban J connectivity index is 1.44. The summed E-state index contributed by atoms with van der Waals surface area (Å²) < 4.78 is 5.13. The maximum atomic E-state index is 5.68. The van der Waals surface area contributed by atoms with Crippen LogP contribution in [0.2, 0.25) is 0 Å². The molecule has 3 aromatic heterocycles. The Kier molecular flexibility index (Phi) is 5.89. The summed E-state index contributed by atoms with van der Waals surface area (Å²) in [6.07, 6.45) is 10.2. The zero-order chi connectivity index (χ0) is 20.8. The summed E-state index contributed by atoms with van der Waals surface area (Å²) in [4.78, 5) is 16.4. The van der Waals surface area contributed by atoms with Crippen LogP contribution in [-0.4, -0.2) is 28.2 Å². The van der Waals surface area contributed by atoms with Gasteiger partial charge in [0, 0.05) is 44.2 Å². The van der Waals surface area contributed by atoms with E-state index in [-0.39, 0.29) is 0 Å². The van der Waals surface area contributed by atoms with E-state index < -0.39 is 0 Å². The van der Waals surface area contributed by atoms with Gasteiger partial charge in [-0.3, -0.25) is 4.99 Å². The van der Waals surface area contributed by atoms with E-state index in [1.807, 2.05) is 24.3 Å². The van der Waals surface area contributed by atoms with Gasteiger partial charge in [0.25, 0.3) is 0 Å². The number of hydrogen-bond acceptors (Lipinski definition) is 6. The second-order valence-corrected chi connectivity index (χ2v) is 6.93. The number of furan rings is 1. The molecule has 0 aliphatic heterocycles. The highest BCUT2D eigenvalue weighted by Gasteiger charge is 2.09. The van der Waals surface area contributed by atoms with Crippen molar-refractivity contribution in [3.05, 3.63) is 83.8 Å². The van der Waals surface area contributed by atoms with E-state index in [1.165, 1.54) is 0 Å². The maximum Gasteiger partial charge on any atom is 0.179 e. The molecule has 4 rings (SSSR count). The average Bonchev–Trinajstić information content (AvgIpc) is 3.44. The van der Waals surface area contributed by atoms with E-state index in [2.05, 4.69) is 37.4 Å². The smallest absolute Gasteiger partial charge is 0.179 e. The number of pyridine rings is 1. The first-order valence-corrected chi connectivity index (χ1v) is 9.78. The molecule has 0 atom stereocenters. The van der Waals surface area contributed by atoms with E-state index in [0.29, 0.717) is 12.2 Å². The second kappa shape index (κ2) is 9.09.